The highest BCUT2D eigenvalue weighted by Crippen LogP contribution is 2.19. The topological polar surface area (TPSA) is 78.1 Å². The molecule has 6 nitrogen and oxygen atoms in total. The lowest BCUT2D eigenvalue weighted by molar-refractivity contribution is 0.0733. The Hall–Kier alpha value is -1.69. The quantitative estimate of drug-likeness (QED) is 0.755. The number of hydrogen-bond acceptors (Lipinski definition) is 4. The van der Waals surface area contributed by atoms with Gasteiger partial charge in [0.05, 0.1) is 5.69 Å². The summed E-state index contributed by atoms with van der Waals surface area (Å²) < 4.78 is 0. The fraction of sp³-hybridized carbons (Fsp3) is 0.615. The molecule has 0 spiro atoms. The molecule has 0 bridgehead atoms. The third kappa shape index (κ3) is 3.01. The van der Waals surface area contributed by atoms with Gasteiger partial charge in [-0.3, -0.25) is 9.59 Å². The fourth-order valence-electron chi connectivity index (χ4n) is 1.99. The molecule has 2 heterocycles. The Labute approximate surface area is 112 Å². The summed E-state index contributed by atoms with van der Waals surface area (Å²) in [7, 11) is 0. The predicted octanol–water partition coefficient (Wildman–Crippen LogP) is 0.113. The van der Waals surface area contributed by atoms with Crippen molar-refractivity contribution in [1.82, 2.24) is 20.4 Å². The first-order valence-electron chi connectivity index (χ1n) is 6.50. The molecule has 1 aromatic rings. The zero-order chi connectivity index (χ0) is 14.0. The number of rotatable bonds is 1. The van der Waals surface area contributed by atoms with E-state index in [1.54, 1.807) is 11.0 Å². The molecule has 0 radical (unpaired) electrons. The molecule has 19 heavy (non-hydrogen) atoms. The maximum atomic E-state index is 12.4. The first-order chi connectivity index (χ1) is 8.89. The number of piperazine rings is 1. The number of carbonyl (C=O) groups excluding carboxylic acids is 1. The van der Waals surface area contributed by atoms with Crippen LogP contribution in [0.4, 0.5) is 0 Å². The summed E-state index contributed by atoms with van der Waals surface area (Å²) in [6, 6.07) is 1.61. The first kappa shape index (κ1) is 13.7. The van der Waals surface area contributed by atoms with Crippen LogP contribution in [0.3, 0.4) is 0 Å². The van der Waals surface area contributed by atoms with E-state index in [2.05, 4.69) is 15.5 Å². The van der Waals surface area contributed by atoms with Gasteiger partial charge in [-0.1, -0.05) is 20.8 Å². The smallest absolute Gasteiger partial charge is 0.277 e. The van der Waals surface area contributed by atoms with Gasteiger partial charge in [-0.25, -0.2) is 5.10 Å². The number of H-pyrrole nitrogens is 1. The maximum absolute atomic E-state index is 12.4. The van der Waals surface area contributed by atoms with Gasteiger partial charge in [-0.15, -0.1) is 0 Å². The third-order valence-electron chi connectivity index (χ3n) is 3.21. The van der Waals surface area contributed by atoms with E-state index in [0.29, 0.717) is 18.8 Å². The Kier molecular flexibility index (Phi) is 3.71. The van der Waals surface area contributed by atoms with Crippen molar-refractivity contribution in [1.29, 1.82) is 0 Å². The summed E-state index contributed by atoms with van der Waals surface area (Å²) in [4.78, 5) is 25.9. The van der Waals surface area contributed by atoms with Crippen LogP contribution in [0.5, 0.6) is 0 Å². The van der Waals surface area contributed by atoms with Crippen LogP contribution in [0.2, 0.25) is 0 Å². The van der Waals surface area contributed by atoms with Crippen LogP contribution in [0, 0.1) is 0 Å². The molecule has 1 fully saturated rings. The number of nitrogens with one attached hydrogen (secondary N) is 2. The van der Waals surface area contributed by atoms with Crippen molar-refractivity contribution in [3.63, 3.8) is 0 Å². The zero-order valence-corrected chi connectivity index (χ0v) is 11.6. The summed E-state index contributed by atoms with van der Waals surface area (Å²) in [5.41, 5.74) is 0.270. The summed E-state index contributed by atoms with van der Waals surface area (Å²) in [5.74, 6) is -0.212. The lowest BCUT2D eigenvalue weighted by atomic mass is 9.91. The van der Waals surface area contributed by atoms with E-state index in [9.17, 15) is 9.59 Å². The van der Waals surface area contributed by atoms with Crippen molar-refractivity contribution in [2.75, 3.05) is 26.2 Å². The molecule has 1 amide bonds. The Bertz CT molecular complexity index is 524. The van der Waals surface area contributed by atoms with Gasteiger partial charge in [0.15, 0.2) is 0 Å². The van der Waals surface area contributed by atoms with E-state index in [1.165, 1.54) is 0 Å². The normalized spacial score (nSPS) is 16.5. The first-order valence-corrected chi connectivity index (χ1v) is 6.50. The molecule has 6 heteroatoms. The van der Waals surface area contributed by atoms with E-state index in [4.69, 9.17) is 0 Å². The molecule has 0 atom stereocenters. The number of hydrogen-bond donors (Lipinski definition) is 2. The molecule has 0 unspecified atom stereocenters. The average Bonchev–Trinajstić information content (AvgIpc) is 2.38. The summed E-state index contributed by atoms with van der Waals surface area (Å²) in [5, 5.41) is 9.62. The molecule has 1 saturated heterocycles. The zero-order valence-electron chi connectivity index (χ0n) is 11.6. The number of aromatic amines is 1. The van der Waals surface area contributed by atoms with Crippen LogP contribution in [0.25, 0.3) is 0 Å². The highest BCUT2D eigenvalue weighted by molar-refractivity contribution is 5.94. The third-order valence-corrected chi connectivity index (χ3v) is 3.21. The molecule has 104 valence electrons. The Morgan fingerprint density at radius 3 is 2.53 bits per heavy atom. The van der Waals surface area contributed by atoms with Gasteiger partial charge in [-0.2, -0.15) is 5.10 Å². The molecule has 0 aromatic carbocycles. The van der Waals surface area contributed by atoms with E-state index in [0.717, 1.165) is 13.1 Å². The summed E-state index contributed by atoms with van der Waals surface area (Å²) >= 11 is 0. The highest BCUT2D eigenvalue weighted by atomic mass is 16.2. The number of aromatic nitrogens is 2. The molecule has 1 aliphatic heterocycles. The molecule has 0 saturated carbocycles. The number of carbonyl (C=O) groups is 1. The van der Waals surface area contributed by atoms with Crippen LogP contribution in [0.1, 0.15) is 36.8 Å². The van der Waals surface area contributed by atoms with Gasteiger partial charge >= 0.3 is 0 Å². The fourth-order valence-corrected chi connectivity index (χ4v) is 1.99. The minimum absolute atomic E-state index is 0.182. The van der Waals surface area contributed by atoms with Gasteiger partial charge in [-0.05, 0) is 6.07 Å². The number of nitrogens with zero attached hydrogens (tertiary/aromatic N) is 2. The van der Waals surface area contributed by atoms with Gasteiger partial charge in [0, 0.05) is 31.6 Å². The van der Waals surface area contributed by atoms with Crippen molar-refractivity contribution >= 4 is 5.91 Å². The van der Waals surface area contributed by atoms with Crippen molar-refractivity contribution in [3.8, 4) is 0 Å². The molecular formula is C13H20N4O2. The highest BCUT2D eigenvalue weighted by Gasteiger charge is 2.24. The number of amides is 1. The van der Waals surface area contributed by atoms with Gasteiger partial charge in [0.2, 0.25) is 0 Å². The molecule has 0 aliphatic carbocycles. The predicted molar refractivity (Wildman–Crippen MR) is 72.3 cm³/mol. The summed E-state index contributed by atoms with van der Waals surface area (Å²) in [6.45, 7) is 8.77. The monoisotopic (exact) mass is 264 g/mol. The largest absolute Gasteiger partial charge is 0.336 e. The van der Waals surface area contributed by atoms with Crippen LogP contribution >= 0.6 is 0 Å². The average molecular weight is 264 g/mol. The minimum Gasteiger partial charge on any atom is -0.336 e. The van der Waals surface area contributed by atoms with Gasteiger partial charge in [0.25, 0.3) is 11.5 Å². The van der Waals surface area contributed by atoms with Crippen LogP contribution in [0.15, 0.2) is 10.9 Å². The second-order valence-corrected chi connectivity index (χ2v) is 5.79. The van der Waals surface area contributed by atoms with Crippen LogP contribution in [-0.4, -0.2) is 47.2 Å². The van der Waals surface area contributed by atoms with Gasteiger partial charge < -0.3 is 10.2 Å². The summed E-state index contributed by atoms with van der Waals surface area (Å²) in [6.07, 6.45) is 0. The molecule has 2 rings (SSSR count). The Morgan fingerprint density at radius 2 is 1.95 bits per heavy atom. The van der Waals surface area contributed by atoms with Crippen LogP contribution in [-0.2, 0) is 5.41 Å². The molecule has 1 aliphatic rings. The maximum Gasteiger partial charge on any atom is 0.277 e. The van der Waals surface area contributed by atoms with Crippen molar-refractivity contribution in [2.45, 2.75) is 26.2 Å². The van der Waals surface area contributed by atoms with Crippen molar-refractivity contribution < 1.29 is 4.79 Å². The van der Waals surface area contributed by atoms with E-state index < -0.39 is 5.56 Å². The molecule has 2 N–H and O–H groups in total. The molecular weight excluding hydrogens is 244 g/mol. The van der Waals surface area contributed by atoms with Gasteiger partial charge in [0.1, 0.15) is 5.56 Å². The second kappa shape index (κ2) is 5.13. The lowest BCUT2D eigenvalue weighted by Crippen LogP contribution is -2.47. The van der Waals surface area contributed by atoms with E-state index >= 15 is 0 Å². The van der Waals surface area contributed by atoms with E-state index in [-0.39, 0.29) is 16.9 Å². The molecule has 1 aromatic heterocycles. The lowest BCUT2D eigenvalue weighted by Gasteiger charge is -2.27. The second-order valence-electron chi connectivity index (χ2n) is 5.79. The Balaban J connectivity index is 2.33. The Morgan fingerprint density at radius 1 is 1.32 bits per heavy atom. The SMILES string of the molecule is CC(C)(C)c1cc(C(=O)N2CCNCC2)c(=O)[nH]n1. The van der Waals surface area contributed by atoms with E-state index in [1.807, 2.05) is 20.8 Å². The minimum atomic E-state index is -0.420. The standard InChI is InChI=1S/C13H20N4O2/c1-13(2,3)10-8-9(11(18)16-15-10)12(19)17-6-4-14-5-7-17/h8,14H,4-7H2,1-3H3,(H,16,18). The van der Waals surface area contributed by atoms with Crippen molar-refractivity contribution in [3.05, 3.63) is 27.7 Å². The van der Waals surface area contributed by atoms with Crippen molar-refractivity contribution in [2.24, 2.45) is 0 Å². The van der Waals surface area contributed by atoms with Crippen LogP contribution < -0.4 is 10.9 Å².